The molecule has 1 aliphatic rings. The molecule has 12 nitrogen and oxygen atoms in total. The van der Waals surface area contributed by atoms with Crippen LogP contribution >= 0.6 is 0 Å². The van der Waals surface area contributed by atoms with Gasteiger partial charge in [-0.25, -0.2) is 13.4 Å². The first-order valence-electron chi connectivity index (χ1n) is 12.2. The molecule has 0 bridgehead atoms. The van der Waals surface area contributed by atoms with Gasteiger partial charge in [-0.1, -0.05) is 17.7 Å². The fourth-order valence-electron chi connectivity index (χ4n) is 4.51. The summed E-state index contributed by atoms with van der Waals surface area (Å²) in [6.45, 7) is 5.59. The molecule has 2 heterocycles. The lowest BCUT2D eigenvalue weighted by atomic mass is 10.0. The van der Waals surface area contributed by atoms with Crippen LogP contribution in [0.2, 0.25) is 0 Å². The number of H-pyrrole nitrogens is 1. The van der Waals surface area contributed by atoms with Gasteiger partial charge >= 0.3 is 5.97 Å². The van der Waals surface area contributed by atoms with E-state index >= 15 is 0 Å². The Balaban J connectivity index is 1.46. The molecule has 3 rings (SSSR count). The average molecular weight is 537 g/mol. The van der Waals surface area contributed by atoms with Crippen molar-refractivity contribution in [1.29, 1.82) is 0 Å². The molecule has 13 heteroatoms. The van der Waals surface area contributed by atoms with Crippen LogP contribution in [0, 0.1) is 20.8 Å². The summed E-state index contributed by atoms with van der Waals surface area (Å²) in [5.41, 5.74) is 4.64. The predicted molar refractivity (Wildman–Crippen MR) is 138 cm³/mol. The molecule has 5 N–H and O–H groups in total. The summed E-state index contributed by atoms with van der Waals surface area (Å²) in [7, 11) is -2.16. The highest BCUT2D eigenvalue weighted by molar-refractivity contribution is 7.89. The van der Waals surface area contributed by atoms with Crippen molar-refractivity contribution in [3.8, 4) is 0 Å². The number of imidazole rings is 1. The smallest absolute Gasteiger partial charge is 0.323 e. The number of nitrogens with zero attached hydrogens (tertiary/aromatic N) is 2. The first kappa shape index (κ1) is 28.6. The van der Waals surface area contributed by atoms with Crippen molar-refractivity contribution in [2.75, 3.05) is 25.0 Å². The second-order valence-electron chi connectivity index (χ2n) is 9.46. The predicted octanol–water partition coefficient (Wildman–Crippen LogP) is 1.15. The monoisotopic (exact) mass is 536 g/mol. The van der Waals surface area contributed by atoms with E-state index in [0.29, 0.717) is 17.5 Å². The third-order valence-electron chi connectivity index (χ3n) is 6.26. The van der Waals surface area contributed by atoms with Gasteiger partial charge in [0.1, 0.15) is 12.1 Å². The maximum absolute atomic E-state index is 13.0. The minimum Gasteiger partial charge on any atom is -0.480 e. The van der Waals surface area contributed by atoms with Gasteiger partial charge in [-0.05, 0) is 51.2 Å². The maximum atomic E-state index is 13.0. The van der Waals surface area contributed by atoms with E-state index < -0.39 is 40.5 Å². The minimum absolute atomic E-state index is 0.0414. The minimum atomic E-state index is -4.12. The molecule has 1 aromatic heterocycles. The number of carbonyl (C=O) groups is 2. The van der Waals surface area contributed by atoms with Crippen LogP contribution in [-0.2, 0) is 24.4 Å². The van der Waals surface area contributed by atoms with Crippen LogP contribution in [0.4, 0.5) is 5.95 Å². The van der Waals surface area contributed by atoms with Crippen molar-refractivity contribution < 1.29 is 28.0 Å². The van der Waals surface area contributed by atoms with E-state index in [1.165, 1.54) is 0 Å². The van der Waals surface area contributed by atoms with Gasteiger partial charge in [0.05, 0.1) is 11.0 Å². The summed E-state index contributed by atoms with van der Waals surface area (Å²) in [6.07, 6.45) is 6.34. The zero-order chi connectivity index (χ0) is 27.2. The zero-order valence-corrected chi connectivity index (χ0v) is 22.4. The number of aromatic amines is 1. The van der Waals surface area contributed by atoms with E-state index in [9.17, 15) is 23.1 Å². The number of unbranched alkanes of at least 4 members (excludes halogenated alkanes) is 1. The molecule has 37 heavy (non-hydrogen) atoms. The Hall–Kier alpha value is -3.00. The molecule has 1 aliphatic heterocycles. The number of sulfonamides is 1. The van der Waals surface area contributed by atoms with Crippen molar-refractivity contribution in [2.24, 2.45) is 0 Å². The van der Waals surface area contributed by atoms with E-state index in [-0.39, 0.29) is 11.0 Å². The van der Waals surface area contributed by atoms with E-state index in [0.717, 1.165) is 37.3 Å². The highest BCUT2D eigenvalue weighted by atomic mass is 32.2. The van der Waals surface area contributed by atoms with Crippen LogP contribution in [0.15, 0.2) is 29.4 Å². The number of rotatable bonds is 13. The number of anilines is 1. The molecule has 3 unspecified atom stereocenters. The van der Waals surface area contributed by atoms with Crippen molar-refractivity contribution in [3.05, 3.63) is 41.2 Å². The molecule has 204 valence electrons. The normalized spacial score (nSPS) is 18.5. The van der Waals surface area contributed by atoms with Gasteiger partial charge in [-0.2, -0.15) is 10.2 Å². The largest absolute Gasteiger partial charge is 0.480 e. The Bertz CT molecular complexity index is 1160. The summed E-state index contributed by atoms with van der Waals surface area (Å²) in [6, 6.07) is 1.26. The molecular weight excluding hydrogens is 500 g/mol. The van der Waals surface area contributed by atoms with Gasteiger partial charge in [0.2, 0.25) is 21.9 Å². The van der Waals surface area contributed by atoms with E-state index in [4.69, 9.17) is 4.84 Å². The maximum Gasteiger partial charge on any atom is 0.323 e. The van der Waals surface area contributed by atoms with Crippen molar-refractivity contribution in [3.63, 3.8) is 0 Å². The highest BCUT2D eigenvalue weighted by Crippen LogP contribution is 2.22. The molecule has 0 saturated carbocycles. The standard InChI is InChI=1S/C24H36N6O6S/c1-15-11-16(2)21(17(3)12-15)37(34,35)29-20(23(32)33)14-27-22(31)19-13-18(36-28-19)7-5-6-10-30(4)24-25-8-9-26-24/h8-9,11-12,18-20,28-29H,5-7,10,13-14H2,1-4H3,(H,25,26)(H,27,31)(H,32,33). The van der Waals surface area contributed by atoms with Gasteiger partial charge in [-0.15, -0.1) is 0 Å². The van der Waals surface area contributed by atoms with Crippen LogP contribution in [0.3, 0.4) is 0 Å². The topological polar surface area (TPSA) is 166 Å². The number of carboxylic acids is 1. The number of carbonyl (C=O) groups excluding carboxylic acids is 1. The lowest BCUT2D eigenvalue weighted by molar-refractivity contribution is -0.139. The zero-order valence-electron chi connectivity index (χ0n) is 21.6. The average Bonchev–Trinajstić information content (AvgIpc) is 3.50. The first-order valence-corrected chi connectivity index (χ1v) is 13.7. The number of benzene rings is 1. The van der Waals surface area contributed by atoms with Crippen molar-refractivity contribution >= 4 is 27.8 Å². The number of amides is 1. The number of nitrogens with one attached hydrogen (secondary N) is 4. The van der Waals surface area contributed by atoms with Gasteiger partial charge in [-0.3, -0.25) is 14.4 Å². The summed E-state index contributed by atoms with van der Waals surface area (Å²) in [4.78, 5) is 39.2. The molecule has 1 fully saturated rings. The molecule has 0 aliphatic carbocycles. The fourth-order valence-corrected chi connectivity index (χ4v) is 6.15. The number of carboxylic acid groups (broad SMARTS) is 1. The fraction of sp³-hybridized carbons (Fsp3) is 0.542. The molecule has 1 saturated heterocycles. The first-order chi connectivity index (χ1) is 17.5. The van der Waals surface area contributed by atoms with Gasteiger partial charge < -0.3 is 20.3 Å². The summed E-state index contributed by atoms with van der Waals surface area (Å²) in [5, 5.41) is 12.1. The van der Waals surface area contributed by atoms with Gasteiger partial charge in [0, 0.05) is 39.0 Å². The molecule has 0 radical (unpaired) electrons. The second kappa shape index (κ2) is 12.5. The van der Waals surface area contributed by atoms with Crippen molar-refractivity contribution in [2.45, 2.75) is 69.5 Å². The molecular formula is C24H36N6O6S. The number of aliphatic carboxylic acids is 1. The second-order valence-corrected chi connectivity index (χ2v) is 11.1. The SMILES string of the molecule is Cc1cc(C)c(S(=O)(=O)NC(CNC(=O)C2CC(CCCCN(C)c3ncc[nH]3)ON2)C(=O)O)c(C)c1. The molecule has 1 aromatic carbocycles. The van der Waals surface area contributed by atoms with Gasteiger partial charge in [0.15, 0.2) is 0 Å². The highest BCUT2D eigenvalue weighted by Gasteiger charge is 2.32. The number of hydrogen-bond acceptors (Lipinski definition) is 8. The Morgan fingerprint density at radius 1 is 1.24 bits per heavy atom. The van der Waals surface area contributed by atoms with Crippen LogP contribution < -0.4 is 20.4 Å². The number of hydroxylamine groups is 1. The number of aryl methyl sites for hydroxylation is 3. The molecule has 0 spiro atoms. The van der Waals surface area contributed by atoms with Crippen molar-refractivity contribution in [1.82, 2.24) is 25.5 Å². The number of aromatic nitrogens is 2. The summed E-state index contributed by atoms with van der Waals surface area (Å²) in [5.74, 6) is -1.03. The quantitative estimate of drug-likeness (QED) is 0.236. The van der Waals surface area contributed by atoms with E-state index in [1.807, 2.05) is 18.9 Å². The summed E-state index contributed by atoms with van der Waals surface area (Å²) < 4.78 is 28.1. The summed E-state index contributed by atoms with van der Waals surface area (Å²) >= 11 is 0. The van der Waals surface area contributed by atoms with Crippen LogP contribution in [0.1, 0.15) is 42.4 Å². The number of hydrogen-bond donors (Lipinski definition) is 5. The van der Waals surface area contributed by atoms with E-state index in [2.05, 4.69) is 25.5 Å². The molecule has 2 aromatic rings. The molecule has 1 amide bonds. The van der Waals surface area contributed by atoms with Gasteiger partial charge in [0.25, 0.3) is 0 Å². The van der Waals surface area contributed by atoms with Crippen LogP contribution in [-0.4, -0.2) is 73.7 Å². The van der Waals surface area contributed by atoms with Crippen LogP contribution in [0.5, 0.6) is 0 Å². The Kier molecular flexibility index (Phi) is 9.65. The van der Waals surface area contributed by atoms with Crippen LogP contribution in [0.25, 0.3) is 0 Å². The lowest BCUT2D eigenvalue weighted by Crippen LogP contribution is -2.51. The Morgan fingerprint density at radius 3 is 2.57 bits per heavy atom. The van der Waals surface area contributed by atoms with E-state index in [1.54, 1.807) is 38.4 Å². The third-order valence-corrected chi connectivity index (χ3v) is 8.03. The Morgan fingerprint density at radius 2 is 1.95 bits per heavy atom. The third kappa shape index (κ3) is 7.74. The Labute approximate surface area is 217 Å². The lowest BCUT2D eigenvalue weighted by Gasteiger charge is -2.19. The molecule has 3 atom stereocenters.